The zero-order valence-electron chi connectivity index (χ0n) is 13.7. The number of aromatic carboxylic acids is 1. The second-order valence-electron chi connectivity index (χ2n) is 4.68. The van der Waals surface area contributed by atoms with Crippen molar-refractivity contribution in [1.82, 2.24) is 14.8 Å². The number of hydrogen-bond acceptors (Lipinski definition) is 4. The fourth-order valence-corrected chi connectivity index (χ4v) is 2.29. The number of aryl methyl sites for hydroxylation is 1. The highest BCUT2D eigenvalue weighted by Crippen LogP contribution is 2.27. The molecular formula is C17H19FN4O2. The Morgan fingerprint density at radius 3 is 2.75 bits per heavy atom. The first-order valence-corrected chi connectivity index (χ1v) is 7.70. The molecule has 7 heteroatoms. The number of rotatable bonds is 4. The molecule has 0 amide bonds. The zero-order valence-corrected chi connectivity index (χ0v) is 13.7. The van der Waals surface area contributed by atoms with Gasteiger partial charge in [-0.1, -0.05) is 13.8 Å². The third kappa shape index (κ3) is 3.34. The number of hydrogen-bond donors (Lipinski definition) is 2. The Kier molecular flexibility index (Phi) is 5.47. The van der Waals surface area contributed by atoms with Gasteiger partial charge in [-0.05, 0) is 31.2 Å². The van der Waals surface area contributed by atoms with E-state index < -0.39 is 5.97 Å². The lowest BCUT2D eigenvalue weighted by atomic mass is 10.2. The molecule has 0 aliphatic carbocycles. The number of pyridine rings is 1. The molecule has 0 aliphatic rings. The van der Waals surface area contributed by atoms with Crippen LogP contribution in [0.15, 0.2) is 36.7 Å². The van der Waals surface area contributed by atoms with Gasteiger partial charge in [0.25, 0.3) is 0 Å². The van der Waals surface area contributed by atoms with Crippen molar-refractivity contribution >= 4 is 28.4 Å². The van der Waals surface area contributed by atoms with E-state index in [0.29, 0.717) is 23.4 Å². The Balaban J connectivity index is 0.00000100. The molecule has 2 N–H and O–H groups in total. The minimum absolute atomic E-state index is 0.0746. The Morgan fingerprint density at radius 1 is 1.33 bits per heavy atom. The average Bonchev–Trinajstić information content (AvgIpc) is 2.94. The predicted molar refractivity (Wildman–Crippen MR) is 91.2 cm³/mol. The number of carboxylic acids is 1. The summed E-state index contributed by atoms with van der Waals surface area (Å²) in [5.74, 6) is -1.06. The number of fused-ring (bicyclic) bond motifs is 1. The molecule has 2 aromatic heterocycles. The maximum absolute atomic E-state index is 13.5. The molecule has 0 radical (unpaired) electrons. The van der Waals surface area contributed by atoms with Gasteiger partial charge in [-0.15, -0.1) is 0 Å². The number of carboxylic acid groups (broad SMARTS) is 1. The number of carbonyl (C=O) groups is 1. The van der Waals surface area contributed by atoms with Gasteiger partial charge >= 0.3 is 5.97 Å². The summed E-state index contributed by atoms with van der Waals surface area (Å²) in [5, 5.41) is 17.1. The van der Waals surface area contributed by atoms with Crippen molar-refractivity contribution in [3.63, 3.8) is 0 Å². The van der Waals surface area contributed by atoms with Crippen LogP contribution < -0.4 is 5.32 Å². The summed E-state index contributed by atoms with van der Waals surface area (Å²) in [6, 6.07) is 5.78. The minimum atomic E-state index is -1.07. The van der Waals surface area contributed by atoms with Crippen LogP contribution in [-0.4, -0.2) is 25.8 Å². The Morgan fingerprint density at radius 2 is 2.08 bits per heavy atom. The van der Waals surface area contributed by atoms with E-state index in [1.165, 1.54) is 30.6 Å². The van der Waals surface area contributed by atoms with E-state index in [-0.39, 0.29) is 11.4 Å². The molecule has 0 bridgehead atoms. The molecule has 126 valence electrons. The van der Waals surface area contributed by atoms with Crippen LogP contribution in [0.3, 0.4) is 0 Å². The van der Waals surface area contributed by atoms with E-state index in [4.69, 9.17) is 0 Å². The first kappa shape index (κ1) is 17.4. The standard InChI is InChI=1S/C15H13FN4O2.C2H6/c1-2-20-13-4-3-9(16)7-11(13)14(19-20)18-12-8-17-6-5-10(12)15(21)22;1-2/h3-8H,2H2,1H3,(H,18,19)(H,21,22);1-2H3. The van der Waals surface area contributed by atoms with Gasteiger partial charge in [0.05, 0.1) is 23.0 Å². The maximum atomic E-state index is 13.5. The normalized spacial score (nSPS) is 10.2. The van der Waals surface area contributed by atoms with Crippen molar-refractivity contribution in [2.24, 2.45) is 0 Å². The van der Waals surface area contributed by atoms with Crippen LogP contribution in [0.4, 0.5) is 15.9 Å². The first-order chi connectivity index (χ1) is 11.6. The summed E-state index contributed by atoms with van der Waals surface area (Å²) in [4.78, 5) is 15.2. The molecule has 0 atom stereocenters. The highest BCUT2D eigenvalue weighted by molar-refractivity contribution is 5.97. The number of halogens is 1. The van der Waals surface area contributed by atoms with Crippen molar-refractivity contribution in [3.8, 4) is 0 Å². The molecule has 2 heterocycles. The quantitative estimate of drug-likeness (QED) is 0.754. The van der Waals surface area contributed by atoms with Crippen LogP contribution in [0, 0.1) is 5.82 Å². The number of nitrogens with one attached hydrogen (secondary N) is 1. The smallest absolute Gasteiger partial charge is 0.337 e. The van der Waals surface area contributed by atoms with Gasteiger partial charge in [-0.3, -0.25) is 9.67 Å². The first-order valence-electron chi connectivity index (χ1n) is 7.70. The molecule has 0 fully saturated rings. The highest BCUT2D eigenvalue weighted by Gasteiger charge is 2.15. The minimum Gasteiger partial charge on any atom is -0.478 e. The van der Waals surface area contributed by atoms with E-state index in [1.54, 1.807) is 10.7 Å². The summed E-state index contributed by atoms with van der Waals surface area (Å²) in [7, 11) is 0. The zero-order chi connectivity index (χ0) is 17.7. The molecule has 0 aliphatic heterocycles. The van der Waals surface area contributed by atoms with E-state index in [1.807, 2.05) is 20.8 Å². The molecule has 3 aromatic rings. The molecule has 3 rings (SSSR count). The van der Waals surface area contributed by atoms with Gasteiger partial charge in [0.1, 0.15) is 5.82 Å². The van der Waals surface area contributed by atoms with E-state index >= 15 is 0 Å². The molecular weight excluding hydrogens is 311 g/mol. The maximum Gasteiger partial charge on any atom is 0.337 e. The fraction of sp³-hybridized carbons (Fsp3) is 0.235. The largest absolute Gasteiger partial charge is 0.478 e. The lowest BCUT2D eigenvalue weighted by Gasteiger charge is -2.06. The van der Waals surface area contributed by atoms with Crippen LogP contribution >= 0.6 is 0 Å². The van der Waals surface area contributed by atoms with Crippen molar-refractivity contribution in [2.75, 3.05) is 5.32 Å². The van der Waals surface area contributed by atoms with Crippen LogP contribution in [0.2, 0.25) is 0 Å². The second-order valence-corrected chi connectivity index (χ2v) is 4.68. The van der Waals surface area contributed by atoms with Gasteiger partial charge in [-0.25, -0.2) is 9.18 Å². The van der Waals surface area contributed by atoms with Crippen LogP contribution in [0.1, 0.15) is 31.1 Å². The van der Waals surface area contributed by atoms with Crippen molar-refractivity contribution in [1.29, 1.82) is 0 Å². The number of anilines is 2. The van der Waals surface area contributed by atoms with Crippen LogP contribution in [0.25, 0.3) is 10.9 Å². The molecule has 6 nitrogen and oxygen atoms in total. The molecule has 0 unspecified atom stereocenters. The molecule has 0 saturated heterocycles. The van der Waals surface area contributed by atoms with E-state index in [9.17, 15) is 14.3 Å². The third-order valence-electron chi connectivity index (χ3n) is 3.32. The third-order valence-corrected chi connectivity index (χ3v) is 3.32. The Labute approximate surface area is 138 Å². The van der Waals surface area contributed by atoms with E-state index in [0.717, 1.165) is 5.52 Å². The molecule has 1 aromatic carbocycles. The van der Waals surface area contributed by atoms with Crippen LogP contribution in [-0.2, 0) is 6.54 Å². The summed E-state index contributed by atoms with van der Waals surface area (Å²) < 4.78 is 15.2. The van der Waals surface area contributed by atoms with E-state index in [2.05, 4.69) is 15.4 Å². The van der Waals surface area contributed by atoms with Gasteiger partial charge in [0.2, 0.25) is 0 Å². The van der Waals surface area contributed by atoms with Gasteiger partial charge in [0, 0.05) is 18.1 Å². The molecule has 0 saturated carbocycles. The summed E-state index contributed by atoms with van der Waals surface area (Å²) in [6.07, 6.45) is 2.80. The summed E-state index contributed by atoms with van der Waals surface area (Å²) in [6.45, 7) is 6.54. The Bertz CT molecular complexity index is 861. The van der Waals surface area contributed by atoms with Gasteiger partial charge in [-0.2, -0.15) is 5.10 Å². The fourth-order valence-electron chi connectivity index (χ4n) is 2.29. The average molecular weight is 330 g/mol. The topological polar surface area (TPSA) is 80.0 Å². The summed E-state index contributed by atoms with van der Waals surface area (Å²) in [5.41, 5.74) is 1.15. The van der Waals surface area contributed by atoms with Crippen molar-refractivity contribution in [3.05, 3.63) is 48.0 Å². The van der Waals surface area contributed by atoms with Crippen LogP contribution in [0.5, 0.6) is 0 Å². The van der Waals surface area contributed by atoms with Crippen molar-refractivity contribution < 1.29 is 14.3 Å². The monoisotopic (exact) mass is 330 g/mol. The number of benzene rings is 1. The van der Waals surface area contributed by atoms with Crippen molar-refractivity contribution in [2.45, 2.75) is 27.3 Å². The number of nitrogens with zero attached hydrogens (tertiary/aromatic N) is 3. The lowest BCUT2D eigenvalue weighted by molar-refractivity contribution is 0.0698. The summed E-state index contributed by atoms with van der Waals surface area (Å²) >= 11 is 0. The van der Waals surface area contributed by atoms with Gasteiger partial charge < -0.3 is 10.4 Å². The molecule has 0 spiro atoms. The lowest BCUT2D eigenvalue weighted by Crippen LogP contribution is -2.04. The predicted octanol–water partition coefficient (Wildman–Crippen LogP) is 4.06. The molecule has 24 heavy (non-hydrogen) atoms. The highest BCUT2D eigenvalue weighted by atomic mass is 19.1. The number of aromatic nitrogens is 3. The second kappa shape index (κ2) is 7.54. The Hall–Kier alpha value is -2.96. The van der Waals surface area contributed by atoms with Gasteiger partial charge in [0.15, 0.2) is 5.82 Å². The SMILES string of the molecule is CC.CCn1nc(Nc2cnccc2C(=O)O)c2cc(F)ccc21.